The Balaban J connectivity index is 1.99. The van der Waals surface area contributed by atoms with Gasteiger partial charge in [-0.15, -0.1) is 0 Å². The van der Waals surface area contributed by atoms with E-state index in [-0.39, 0.29) is 0 Å². The van der Waals surface area contributed by atoms with Gasteiger partial charge in [0.2, 0.25) is 0 Å². The van der Waals surface area contributed by atoms with Crippen LogP contribution in [0.15, 0.2) is 12.1 Å². The molecule has 2 atom stereocenters. The van der Waals surface area contributed by atoms with Crippen LogP contribution in [0.3, 0.4) is 0 Å². The number of ether oxygens (including phenoxy) is 1. The first-order valence-electron chi connectivity index (χ1n) is 7.45. The van der Waals surface area contributed by atoms with Crippen molar-refractivity contribution in [2.45, 2.75) is 38.5 Å². The number of rotatable bonds is 4. The lowest BCUT2D eigenvalue weighted by molar-refractivity contribution is 0.154. The third-order valence-corrected chi connectivity index (χ3v) is 5.39. The van der Waals surface area contributed by atoms with Crippen molar-refractivity contribution in [1.82, 2.24) is 4.90 Å². The highest BCUT2D eigenvalue weighted by Crippen LogP contribution is 2.58. The number of hydrogen-bond donors (Lipinski definition) is 0. The summed E-state index contributed by atoms with van der Waals surface area (Å²) in [7, 11) is 1.82. The van der Waals surface area contributed by atoms with Gasteiger partial charge in [0.25, 0.3) is 0 Å². The van der Waals surface area contributed by atoms with E-state index in [4.69, 9.17) is 4.74 Å². The van der Waals surface area contributed by atoms with Crippen molar-refractivity contribution in [2.24, 2.45) is 0 Å². The second-order valence-electron chi connectivity index (χ2n) is 6.30. The molecule has 0 saturated carbocycles. The van der Waals surface area contributed by atoms with Gasteiger partial charge in [0.15, 0.2) is 0 Å². The Morgan fingerprint density at radius 2 is 2.05 bits per heavy atom. The number of hydrogen-bond acceptors (Lipinski definition) is 2. The molecule has 0 amide bonds. The summed E-state index contributed by atoms with van der Waals surface area (Å²) in [6, 6.07) is 4.87. The highest BCUT2D eigenvalue weighted by molar-refractivity contribution is 5.56. The number of nitrogens with zero attached hydrogens (tertiary/aromatic N) is 1. The van der Waals surface area contributed by atoms with E-state index >= 15 is 0 Å². The molecule has 2 unspecified atom stereocenters. The Kier molecular flexibility index (Phi) is 3.18. The molecule has 0 N–H and O–H groups in total. The summed E-state index contributed by atoms with van der Waals surface area (Å²) >= 11 is 0. The fraction of sp³-hybridized carbons (Fsp3) is 0.647. The Hall–Kier alpha value is -0.860. The molecule has 104 valence electrons. The number of fused-ring (bicyclic) bond motifs is 4. The van der Waals surface area contributed by atoms with Gasteiger partial charge in [0, 0.05) is 38.1 Å². The summed E-state index contributed by atoms with van der Waals surface area (Å²) in [5.74, 6) is 0.733. The van der Waals surface area contributed by atoms with Gasteiger partial charge in [-0.1, -0.05) is 19.1 Å². The van der Waals surface area contributed by atoms with Gasteiger partial charge in [-0.25, -0.2) is 0 Å². The van der Waals surface area contributed by atoms with E-state index in [2.05, 4.69) is 37.8 Å². The predicted octanol–water partition coefficient (Wildman–Crippen LogP) is 3.01. The lowest BCUT2D eigenvalue weighted by Crippen LogP contribution is -2.44. The molecule has 1 aliphatic heterocycles. The number of likely N-dealkylation sites (tertiary alicyclic amines) is 1. The second kappa shape index (κ2) is 4.60. The molecule has 1 aliphatic carbocycles. The van der Waals surface area contributed by atoms with Crippen molar-refractivity contribution in [3.8, 4) is 0 Å². The van der Waals surface area contributed by atoms with Crippen molar-refractivity contribution in [3.05, 3.63) is 34.4 Å². The van der Waals surface area contributed by atoms with Crippen molar-refractivity contribution in [2.75, 3.05) is 33.4 Å². The minimum absolute atomic E-state index is 0.375. The zero-order valence-corrected chi connectivity index (χ0v) is 12.6. The van der Waals surface area contributed by atoms with E-state index in [1.807, 2.05) is 7.11 Å². The normalized spacial score (nSPS) is 28.9. The Morgan fingerprint density at radius 1 is 1.32 bits per heavy atom. The second-order valence-corrected chi connectivity index (χ2v) is 6.30. The van der Waals surface area contributed by atoms with Gasteiger partial charge in [0.05, 0.1) is 0 Å². The smallest absolute Gasteiger partial charge is 0.0471 e. The van der Waals surface area contributed by atoms with Gasteiger partial charge in [-0.2, -0.15) is 0 Å². The molecule has 1 heterocycles. The van der Waals surface area contributed by atoms with Gasteiger partial charge in [-0.3, -0.25) is 0 Å². The maximum atomic E-state index is 5.37. The third kappa shape index (κ3) is 1.77. The standard InChI is InChI=1S/C17H25NO/c1-5-18-10-16-14-8-12(2)13(3)9-15(14)17(16,11-18)6-7-19-4/h8-9,16H,5-7,10-11H2,1-4H3. The van der Waals surface area contributed by atoms with E-state index in [1.54, 1.807) is 11.1 Å². The number of aryl methyl sites for hydroxylation is 2. The van der Waals surface area contributed by atoms with E-state index < -0.39 is 0 Å². The van der Waals surface area contributed by atoms with Crippen molar-refractivity contribution in [3.63, 3.8) is 0 Å². The molecular formula is C17H25NO. The van der Waals surface area contributed by atoms with Crippen LogP contribution in [0.4, 0.5) is 0 Å². The van der Waals surface area contributed by atoms with Crippen LogP contribution in [0.25, 0.3) is 0 Å². The zero-order valence-electron chi connectivity index (χ0n) is 12.6. The minimum Gasteiger partial charge on any atom is -0.385 e. The zero-order chi connectivity index (χ0) is 13.6. The molecule has 2 heteroatoms. The average Bonchev–Trinajstić information content (AvgIpc) is 2.74. The van der Waals surface area contributed by atoms with E-state index in [0.717, 1.165) is 19.1 Å². The lowest BCUT2D eigenvalue weighted by atomic mass is 9.56. The first kappa shape index (κ1) is 13.1. The van der Waals surface area contributed by atoms with Crippen LogP contribution in [0.2, 0.25) is 0 Å². The minimum atomic E-state index is 0.375. The Labute approximate surface area is 116 Å². The van der Waals surface area contributed by atoms with Crippen LogP contribution >= 0.6 is 0 Å². The summed E-state index contributed by atoms with van der Waals surface area (Å²) in [6.07, 6.45) is 1.17. The molecule has 3 rings (SSSR count). The quantitative estimate of drug-likeness (QED) is 0.824. The maximum Gasteiger partial charge on any atom is 0.0471 e. The van der Waals surface area contributed by atoms with E-state index in [9.17, 15) is 0 Å². The van der Waals surface area contributed by atoms with Crippen LogP contribution in [-0.4, -0.2) is 38.3 Å². The largest absolute Gasteiger partial charge is 0.385 e. The van der Waals surface area contributed by atoms with Crippen LogP contribution in [0.5, 0.6) is 0 Å². The summed E-state index contributed by atoms with van der Waals surface area (Å²) in [5.41, 5.74) is 6.46. The molecule has 2 aliphatic rings. The van der Waals surface area contributed by atoms with Crippen LogP contribution < -0.4 is 0 Å². The fourth-order valence-electron chi connectivity index (χ4n) is 4.07. The molecule has 2 nitrogen and oxygen atoms in total. The molecule has 19 heavy (non-hydrogen) atoms. The monoisotopic (exact) mass is 259 g/mol. The first-order chi connectivity index (χ1) is 9.12. The highest BCUT2D eigenvalue weighted by Gasteiger charge is 2.56. The molecule has 0 spiro atoms. The molecule has 1 fully saturated rings. The highest BCUT2D eigenvalue weighted by atomic mass is 16.5. The number of benzene rings is 1. The lowest BCUT2D eigenvalue weighted by Gasteiger charge is -2.47. The summed E-state index contributed by atoms with van der Waals surface area (Å²) in [6.45, 7) is 11.2. The Morgan fingerprint density at radius 3 is 2.74 bits per heavy atom. The molecular weight excluding hydrogens is 234 g/mol. The number of methoxy groups -OCH3 is 1. The van der Waals surface area contributed by atoms with Crippen molar-refractivity contribution >= 4 is 0 Å². The fourth-order valence-corrected chi connectivity index (χ4v) is 4.07. The number of likely N-dealkylation sites (N-methyl/N-ethyl adjacent to an activating group) is 1. The first-order valence-corrected chi connectivity index (χ1v) is 7.45. The summed E-state index contributed by atoms with van der Waals surface area (Å²) in [5, 5.41) is 0. The molecule has 0 aromatic heterocycles. The molecule has 1 saturated heterocycles. The SMILES string of the molecule is CCN1CC2c3cc(C)c(C)cc3C2(CCOC)C1. The van der Waals surface area contributed by atoms with Gasteiger partial charge >= 0.3 is 0 Å². The van der Waals surface area contributed by atoms with E-state index in [0.29, 0.717) is 5.41 Å². The van der Waals surface area contributed by atoms with Crippen LogP contribution in [0.1, 0.15) is 41.5 Å². The molecule has 1 aromatic carbocycles. The predicted molar refractivity (Wildman–Crippen MR) is 78.9 cm³/mol. The summed E-state index contributed by atoms with van der Waals surface area (Å²) in [4.78, 5) is 2.60. The molecule has 0 radical (unpaired) electrons. The van der Waals surface area contributed by atoms with Gasteiger partial charge in [0.1, 0.15) is 0 Å². The summed E-state index contributed by atoms with van der Waals surface area (Å²) < 4.78 is 5.37. The Bertz CT molecular complexity index is 496. The average molecular weight is 259 g/mol. The van der Waals surface area contributed by atoms with Crippen molar-refractivity contribution in [1.29, 1.82) is 0 Å². The van der Waals surface area contributed by atoms with Gasteiger partial charge < -0.3 is 9.64 Å². The third-order valence-electron chi connectivity index (χ3n) is 5.39. The molecule has 0 bridgehead atoms. The topological polar surface area (TPSA) is 12.5 Å². The maximum absolute atomic E-state index is 5.37. The van der Waals surface area contributed by atoms with Crippen LogP contribution in [0, 0.1) is 13.8 Å². The van der Waals surface area contributed by atoms with E-state index in [1.165, 1.54) is 30.6 Å². The van der Waals surface area contributed by atoms with Gasteiger partial charge in [-0.05, 0) is 49.1 Å². The van der Waals surface area contributed by atoms with Crippen LogP contribution in [-0.2, 0) is 10.2 Å². The van der Waals surface area contributed by atoms with Crippen molar-refractivity contribution < 1.29 is 4.74 Å². The molecule has 1 aromatic rings.